The highest BCUT2D eigenvalue weighted by Gasteiger charge is 2.18. The Morgan fingerprint density at radius 3 is 3.06 bits per heavy atom. The van der Waals surface area contributed by atoms with Crippen molar-refractivity contribution in [1.82, 2.24) is 4.98 Å². The molecule has 3 heteroatoms. The molecular formula is C13H20N2O. The van der Waals surface area contributed by atoms with Crippen molar-refractivity contribution in [3.05, 3.63) is 24.0 Å². The monoisotopic (exact) mass is 220 g/mol. The topological polar surface area (TPSA) is 34.1 Å². The molecule has 3 nitrogen and oxygen atoms in total. The largest absolute Gasteiger partial charge is 0.381 e. The van der Waals surface area contributed by atoms with E-state index >= 15 is 0 Å². The van der Waals surface area contributed by atoms with Crippen molar-refractivity contribution in [1.29, 1.82) is 0 Å². The van der Waals surface area contributed by atoms with Gasteiger partial charge in [-0.2, -0.15) is 0 Å². The molecule has 2 rings (SSSR count). The zero-order valence-electron chi connectivity index (χ0n) is 10.1. The Labute approximate surface area is 97.2 Å². The molecular weight excluding hydrogens is 200 g/mol. The van der Waals surface area contributed by atoms with Crippen molar-refractivity contribution < 1.29 is 4.74 Å². The predicted molar refractivity (Wildman–Crippen MR) is 65.6 cm³/mol. The van der Waals surface area contributed by atoms with E-state index in [-0.39, 0.29) is 0 Å². The van der Waals surface area contributed by atoms with Gasteiger partial charge in [0.25, 0.3) is 0 Å². The molecule has 1 aliphatic rings. The van der Waals surface area contributed by atoms with Crippen LogP contribution in [0, 0.1) is 6.92 Å². The maximum absolute atomic E-state index is 5.62. The Morgan fingerprint density at radius 1 is 1.56 bits per heavy atom. The summed E-state index contributed by atoms with van der Waals surface area (Å²) in [5, 5.41) is 3.45. The third kappa shape index (κ3) is 3.20. The Morgan fingerprint density at radius 2 is 2.44 bits per heavy atom. The second kappa shape index (κ2) is 5.30. The summed E-state index contributed by atoms with van der Waals surface area (Å²) in [4.78, 5) is 4.27. The van der Waals surface area contributed by atoms with E-state index in [9.17, 15) is 0 Å². The van der Waals surface area contributed by atoms with Crippen LogP contribution in [0.3, 0.4) is 0 Å². The van der Waals surface area contributed by atoms with Crippen molar-refractivity contribution in [3.63, 3.8) is 0 Å². The van der Waals surface area contributed by atoms with Crippen molar-refractivity contribution in [3.8, 4) is 0 Å². The lowest BCUT2D eigenvalue weighted by Crippen LogP contribution is -2.22. The van der Waals surface area contributed by atoms with Gasteiger partial charge in [-0.25, -0.2) is 0 Å². The molecule has 0 aliphatic carbocycles. The van der Waals surface area contributed by atoms with E-state index in [1.54, 1.807) is 0 Å². The summed E-state index contributed by atoms with van der Waals surface area (Å²) in [6.07, 6.45) is 5.83. The summed E-state index contributed by atoms with van der Waals surface area (Å²) in [6.45, 7) is 5.13. The van der Waals surface area contributed by atoms with Gasteiger partial charge in [0.2, 0.25) is 0 Å². The third-order valence-electron chi connectivity index (χ3n) is 2.96. The highest BCUT2D eigenvalue weighted by molar-refractivity contribution is 5.41. The quantitative estimate of drug-likeness (QED) is 0.847. The SMILES string of the molecule is Cc1ccc(NC(C)CC2CCCO2)cn1. The van der Waals surface area contributed by atoms with Crippen LogP contribution in [0.25, 0.3) is 0 Å². The van der Waals surface area contributed by atoms with Gasteiger partial charge in [0.1, 0.15) is 0 Å². The third-order valence-corrected chi connectivity index (χ3v) is 2.96. The van der Waals surface area contributed by atoms with Crippen LogP contribution in [-0.4, -0.2) is 23.7 Å². The van der Waals surface area contributed by atoms with Crippen LogP contribution in [-0.2, 0) is 4.74 Å². The molecule has 1 aromatic rings. The van der Waals surface area contributed by atoms with Gasteiger partial charge >= 0.3 is 0 Å². The maximum atomic E-state index is 5.62. The molecule has 0 amide bonds. The summed E-state index contributed by atoms with van der Waals surface area (Å²) in [5.41, 5.74) is 2.15. The molecule has 1 aromatic heterocycles. The van der Waals surface area contributed by atoms with Gasteiger partial charge in [-0.15, -0.1) is 0 Å². The van der Waals surface area contributed by atoms with E-state index in [2.05, 4.69) is 23.3 Å². The number of anilines is 1. The molecule has 1 N–H and O–H groups in total. The van der Waals surface area contributed by atoms with E-state index in [0.717, 1.165) is 24.4 Å². The van der Waals surface area contributed by atoms with Crippen molar-refractivity contribution in [2.45, 2.75) is 45.3 Å². The van der Waals surface area contributed by atoms with Gasteiger partial charge in [-0.1, -0.05) is 0 Å². The van der Waals surface area contributed by atoms with E-state index in [1.165, 1.54) is 12.8 Å². The molecule has 2 atom stereocenters. The van der Waals surface area contributed by atoms with Crippen LogP contribution in [0.15, 0.2) is 18.3 Å². The molecule has 2 heterocycles. The van der Waals surface area contributed by atoms with Crippen molar-refractivity contribution in [2.75, 3.05) is 11.9 Å². The molecule has 1 aliphatic heterocycles. The summed E-state index contributed by atoms with van der Waals surface area (Å²) < 4.78 is 5.62. The summed E-state index contributed by atoms with van der Waals surface area (Å²) in [6, 6.07) is 4.54. The molecule has 0 aromatic carbocycles. The minimum absolute atomic E-state index is 0.438. The number of aromatic nitrogens is 1. The van der Waals surface area contributed by atoms with Gasteiger partial charge in [0, 0.05) is 18.3 Å². The van der Waals surface area contributed by atoms with Crippen LogP contribution in [0.2, 0.25) is 0 Å². The van der Waals surface area contributed by atoms with Crippen LogP contribution in [0.5, 0.6) is 0 Å². The van der Waals surface area contributed by atoms with Crippen LogP contribution >= 0.6 is 0 Å². The first-order chi connectivity index (χ1) is 7.74. The predicted octanol–water partition coefficient (Wildman–Crippen LogP) is 2.76. The van der Waals surface area contributed by atoms with E-state index in [1.807, 2.05) is 19.2 Å². The Balaban J connectivity index is 1.81. The van der Waals surface area contributed by atoms with Gasteiger partial charge in [-0.3, -0.25) is 4.98 Å². The molecule has 16 heavy (non-hydrogen) atoms. The molecule has 0 bridgehead atoms. The van der Waals surface area contributed by atoms with E-state index in [0.29, 0.717) is 12.1 Å². The number of rotatable bonds is 4. The first-order valence-corrected chi connectivity index (χ1v) is 6.05. The lowest BCUT2D eigenvalue weighted by molar-refractivity contribution is 0.101. The van der Waals surface area contributed by atoms with Crippen molar-refractivity contribution in [2.24, 2.45) is 0 Å². The van der Waals surface area contributed by atoms with Gasteiger partial charge < -0.3 is 10.1 Å². The number of ether oxygens (including phenoxy) is 1. The number of aryl methyl sites for hydroxylation is 1. The highest BCUT2D eigenvalue weighted by atomic mass is 16.5. The summed E-state index contributed by atoms with van der Waals surface area (Å²) in [5.74, 6) is 0. The molecule has 0 saturated carbocycles. The molecule has 0 radical (unpaired) electrons. The van der Waals surface area contributed by atoms with E-state index < -0.39 is 0 Å². The zero-order valence-corrected chi connectivity index (χ0v) is 10.1. The van der Waals surface area contributed by atoms with Crippen LogP contribution in [0.4, 0.5) is 5.69 Å². The molecule has 0 spiro atoms. The standard InChI is InChI=1S/C13H20N2O/c1-10-5-6-12(9-14-10)15-11(2)8-13-4-3-7-16-13/h5-6,9,11,13,15H,3-4,7-8H2,1-2H3. The fraction of sp³-hybridized carbons (Fsp3) is 0.615. The highest BCUT2D eigenvalue weighted by Crippen LogP contribution is 2.18. The molecule has 1 fully saturated rings. The Hall–Kier alpha value is -1.09. The Bertz CT molecular complexity index is 317. The second-order valence-corrected chi connectivity index (χ2v) is 4.60. The molecule has 1 saturated heterocycles. The number of hydrogen-bond acceptors (Lipinski definition) is 3. The lowest BCUT2D eigenvalue weighted by Gasteiger charge is -2.18. The zero-order chi connectivity index (χ0) is 11.4. The smallest absolute Gasteiger partial charge is 0.0595 e. The summed E-state index contributed by atoms with van der Waals surface area (Å²) in [7, 11) is 0. The number of hydrogen-bond donors (Lipinski definition) is 1. The maximum Gasteiger partial charge on any atom is 0.0595 e. The van der Waals surface area contributed by atoms with Gasteiger partial charge in [0.05, 0.1) is 18.0 Å². The van der Waals surface area contributed by atoms with E-state index in [4.69, 9.17) is 4.74 Å². The average molecular weight is 220 g/mol. The lowest BCUT2D eigenvalue weighted by atomic mass is 10.1. The number of nitrogens with zero attached hydrogens (tertiary/aromatic N) is 1. The fourth-order valence-electron chi connectivity index (χ4n) is 2.12. The first kappa shape index (κ1) is 11.4. The van der Waals surface area contributed by atoms with Crippen LogP contribution < -0.4 is 5.32 Å². The fourth-order valence-corrected chi connectivity index (χ4v) is 2.12. The second-order valence-electron chi connectivity index (χ2n) is 4.60. The van der Waals surface area contributed by atoms with Gasteiger partial charge in [0.15, 0.2) is 0 Å². The Kier molecular flexibility index (Phi) is 3.78. The average Bonchev–Trinajstić information content (AvgIpc) is 2.74. The molecule has 88 valence electrons. The normalized spacial score (nSPS) is 22.0. The summed E-state index contributed by atoms with van der Waals surface area (Å²) >= 11 is 0. The molecule has 2 unspecified atom stereocenters. The van der Waals surface area contributed by atoms with Crippen LogP contribution in [0.1, 0.15) is 31.9 Å². The number of pyridine rings is 1. The van der Waals surface area contributed by atoms with Gasteiger partial charge in [-0.05, 0) is 45.2 Å². The minimum Gasteiger partial charge on any atom is -0.381 e. The van der Waals surface area contributed by atoms with Crippen molar-refractivity contribution >= 4 is 5.69 Å². The first-order valence-electron chi connectivity index (χ1n) is 6.05. The minimum atomic E-state index is 0.438. The number of nitrogens with one attached hydrogen (secondary N) is 1.